The number of guanidine groups is 1. The van der Waals surface area contributed by atoms with Crippen LogP contribution in [0.15, 0.2) is 47.5 Å². The summed E-state index contributed by atoms with van der Waals surface area (Å²) in [5.41, 5.74) is 7.40. The first-order valence-corrected chi connectivity index (χ1v) is 7.85. The van der Waals surface area contributed by atoms with E-state index in [-0.39, 0.29) is 24.0 Å². The van der Waals surface area contributed by atoms with Gasteiger partial charge in [0.15, 0.2) is 5.96 Å². The Morgan fingerprint density at radius 1 is 1.00 bits per heavy atom. The maximum atomic E-state index is 6.08. The van der Waals surface area contributed by atoms with Gasteiger partial charge in [-0.2, -0.15) is 0 Å². The summed E-state index contributed by atoms with van der Waals surface area (Å²) in [5, 5.41) is 2.58. The third-order valence-electron chi connectivity index (χ3n) is 4.17. The lowest BCUT2D eigenvalue weighted by molar-refractivity contribution is 0.338. The van der Waals surface area contributed by atoms with Gasteiger partial charge in [0.05, 0.1) is 0 Å². The summed E-state index contributed by atoms with van der Waals surface area (Å²) in [6.07, 6.45) is 4.74. The summed E-state index contributed by atoms with van der Waals surface area (Å²) in [5.74, 6) is 0.718. The lowest BCUT2D eigenvalue weighted by atomic mass is 10.1. The van der Waals surface area contributed by atoms with Crippen molar-refractivity contribution in [1.29, 1.82) is 0 Å². The molecule has 0 unspecified atom stereocenters. The summed E-state index contributed by atoms with van der Waals surface area (Å²) in [7, 11) is 0. The van der Waals surface area contributed by atoms with E-state index in [0.717, 1.165) is 32.0 Å². The molecule has 0 spiro atoms. The van der Waals surface area contributed by atoms with Gasteiger partial charge in [-0.05, 0) is 42.0 Å². The van der Waals surface area contributed by atoms with Gasteiger partial charge in [-0.15, -0.1) is 24.0 Å². The molecule has 1 fully saturated rings. The number of hydrogen-bond donors (Lipinski definition) is 1. The van der Waals surface area contributed by atoms with E-state index in [4.69, 9.17) is 5.73 Å². The van der Waals surface area contributed by atoms with Crippen LogP contribution in [0.3, 0.4) is 0 Å². The van der Waals surface area contributed by atoms with Crippen molar-refractivity contribution in [2.24, 2.45) is 10.7 Å². The second-order valence-corrected chi connectivity index (χ2v) is 5.72. The average Bonchev–Trinajstić information content (AvgIpc) is 2.55. The number of aliphatic imine (C=N–C) groups is 1. The number of piperidine rings is 1. The third-order valence-corrected chi connectivity index (χ3v) is 4.17. The van der Waals surface area contributed by atoms with E-state index in [1.165, 1.54) is 35.6 Å². The summed E-state index contributed by atoms with van der Waals surface area (Å²) in [6.45, 7) is 2.89. The van der Waals surface area contributed by atoms with Crippen molar-refractivity contribution in [2.45, 2.75) is 25.7 Å². The van der Waals surface area contributed by atoms with Gasteiger partial charge in [0, 0.05) is 19.6 Å². The van der Waals surface area contributed by atoms with Crippen molar-refractivity contribution in [1.82, 2.24) is 4.90 Å². The second-order valence-electron chi connectivity index (χ2n) is 5.72. The Morgan fingerprint density at radius 3 is 2.50 bits per heavy atom. The van der Waals surface area contributed by atoms with E-state index >= 15 is 0 Å². The molecule has 1 saturated heterocycles. The minimum Gasteiger partial charge on any atom is -0.370 e. The lowest BCUT2D eigenvalue weighted by Gasteiger charge is -2.27. The third kappa shape index (κ3) is 4.35. The van der Waals surface area contributed by atoms with Crippen LogP contribution >= 0.6 is 24.0 Å². The smallest absolute Gasteiger partial charge is 0.191 e. The quantitative estimate of drug-likeness (QED) is 0.476. The summed E-state index contributed by atoms with van der Waals surface area (Å²) >= 11 is 0. The maximum absolute atomic E-state index is 6.08. The fraction of sp³-hybridized carbons (Fsp3) is 0.389. The summed E-state index contributed by atoms with van der Waals surface area (Å²) in [4.78, 5) is 6.76. The largest absolute Gasteiger partial charge is 0.370 e. The van der Waals surface area contributed by atoms with Crippen molar-refractivity contribution in [3.05, 3.63) is 48.0 Å². The highest BCUT2D eigenvalue weighted by Gasteiger charge is 2.11. The lowest BCUT2D eigenvalue weighted by Crippen LogP contribution is -2.41. The predicted molar refractivity (Wildman–Crippen MR) is 105 cm³/mol. The molecule has 0 radical (unpaired) electrons. The minimum atomic E-state index is 0. The SMILES string of the molecule is I.NC(=NCCc1ccc2ccccc2c1)N1CCCCC1. The van der Waals surface area contributed by atoms with E-state index < -0.39 is 0 Å². The first kappa shape index (κ1) is 17.1. The van der Waals surface area contributed by atoms with Crippen LogP contribution in [0, 0.1) is 0 Å². The zero-order valence-electron chi connectivity index (χ0n) is 12.9. The number of hydrogen-bond acceptors (Lipinski definition) is 1. The summed E-state index contributed by atoms with van der Waals surface area (Å²) < 4.78 is 0. The Balaban J connectivity index is 0.00000176. The van der Waals surface area contributed by atoms with E-state index in [0.29, 0.717) is 0 Å². The zero-order valence-corrected chi connectivity index (χ0v) is 15.2. The van der Waals surface area contributed by atoms with Gasteiger partial charge in [0.2, 0.25) is 0 Å². The van der Waals surface area contributed by atoms with Crippen LogP contribution < -0.4 is 5.73 Å². The normalized spacial score (nSPS) is 15.6. The Labute approximate surface area is 149 Å². The van der Waals surface area contributed by atoms with Gasteiger partial charge in [-0.25, -0.2) is 0 Å². The maximum Gasteiger partial charge on any atom is 0.191 e. The molecule has 0 aromatic heterocycles. The number of halogens is 1. The molecule has 1 aliphatic rings. The van der Waals surface area contributed by atoms with Crippen molar-refractivity contribution in [2.75, 3.05) is 19.6 Å². The van der Waals surface area contributed by atoms with Crippen molar-refractivity contribution >= 4 is 40.7 Å². The van der Waals surface area contributed by atoms with Crippen LogP contribution in [0.2, 0.25) is 0 Å². The van der Waals surface area contributed by atoms with Crippen LogP contribution in [-0.4, -0.2) is 30.5 Å². The first-order chi connectivity index (χ1) is 10.3. The number of likely N-dealkylation sites (tertiary alicyclic amines) is 1. The van der Waals surface area contributed by atoms with Gasteiger partial charge >= 0.3 is 0 Å². The number of fused-ring (bicyclic) bond motifs is 1. The molecule has 0 bridgehead atoms. The van der Waals surface area contributed by atoms with Crippen LogP contribution in [0.4, 0.5) is 0 Å². The van der Waals surface area contributed by atoms with E-state index in [1.807, 2.05) is 0 Å². The van der Waals surface area contributed by atoms with E-state index in [2.05, 4.69) is 52.4 Å². The van der Waals surface area contributed by atoms with Crippen LogP contribution in [0.1, 0.15) is 24.8 Å². The predicted octanol–water partition coefficient (Wildman–Crippen LogP) is 3.80. The molecule has 0 saturated carbocycles. The standard InChI is InChI=1S/C18H23N3.HI/c19-18(21-12-4-1-5-13-21)20-11-10-15-8-9-16-6-2-3-7-17(16)14-15;/h2-3,6-9,14H,1,4-5,10-13H2,(H2,19,20);1H. The molecule has 0 amide bonds. The Morgan fingerprint density at radius 2 is 1.73 bits per heavy atom. The van der Waals surface area contributed by atoms with Gasteiger partial charge in [-0.3, -0.25) is 4.99 Å². The van der Waals surface area contributed by atoms with Crippen LogP contribution in [-0.2, 0) is 6.42 Å². The first-order valence-electron chi connectivity index (χ1n) is 7.85. The molecule has 118 valence electrons. The zero-order chi connectivity index (χ0) is 14.5. The highest BCUT2D eigenvalue weighted by molar-refractivity contribution is 14.0. The molecular weight excluding hydrogens is 385 g/mol. The highest BCUT2D eigenvalue weighted by atomic mass is 127. The molecule has 2 N–H and O–H groups in total. The molecule has 3 rings (SSSR count). The van der Waals surface area contributed by atoms with Crippen molar-refractivity contribution < 1.29 is 0 Å². The fourth-order valence-corrected chi connectivity index (χ4v) is 2.92. The number of nitrogens with two attached hydrogens (primary N) is 1. The second kappa shape index (κ2) is 8.36. The van der Waals surface area contributed by atoms with Crippen LogP contribution in [0.25, 0.3) is 10.8 Å². The molecule has 22 heavy (non-hydrogen) atoms. The Hall–Kier alpha value is -1.30. The minimum absolute atomic E-state index is 0. The highest BCUT2D eigenvalue weighted by Crippen LogP contribution is 2.16. The van der Waals surface area contributed by atoms with Crippen LogP contribution in [0.5, 0.6) is 0 Å². The number of benzene rings is 2. The molecule has 2 aromatic carbocycles. The van der Waals surface area contributed by atoms with Crippen molar-refractivity contribution in [3.8, 4) is 0 Å². The fourth-order valence-electron chi connectivity index (χ4n) is 2.92. The monoisotopic (exact) mass is 409 g/mol. The number of nitrogens with zero attached hydrogens (tertiary/aromatic N) is 2. The molecule has 2 aromatic rings. The van der Waals surface area contributed by atoms with Gasteiger partial charge in [0.1, 0.15) is 0 Å². The molecule has 0 atom stereocenters. The van der Waals surface area contributed by atoms with E-state index in [9.17, 15) is 0 Å². The van der Waals surface area contributed by atoms with Gasteiger partial charge in [-0.1, -0.05) is 42.5 Å². The number of rotatable bonds is 3. The molecule has 0 aliphatic carbocycles. The molecule has 3 nitrogen and oxygen atoms in total. The molecule has 1 heterocycles. The summed E-state index contributed by atoms with van der Waals surface area (Å²) in [6, 6.07) is 15.1. The molecule has 4 heteroatoms. The average molecular weight is 409 g/mol. The van der Waals surface area contributed by atoms with Crippen molar-refractivity contribution in [3.63, 3.8) is 0 Å². The molecular formula is C18H24IN3. The van der Waals surface area contributed by atoms with Gasteiger partial charge < -0.3 is 10.6 Å². The molecule has 1 aliphatic heterocycles. The van der Waals surface area contributed by atoms with E-state index in [1.54, 1.807) is 0 Å². The Kier molecular flexibility index (Phi) is 6.49. The van der Waals surface area contributed by atoms with Gasteiger partial charge in [0.25, 0.3) is 0 Å². The Bertz CT molecular complexity index is 633. The topological polar surface area (TPSA) is 41.6 Å².